The SMILES string of the molecule is C=CCNS(=O)(=O)c1ccc(C(=O)Nc2ccc(CN3C(=O)CCC3=O)cc2)cc1. The van der Waals surface area contributed by atoms with Crippen LogP contribution in [0.5, 0.6) is 0 Å². The quantitative estimate of drug-likeness (QED) is 0.495. The molecule has 0 radical (unpaired) electrons. The third-order valence-corrected chi connectivity index (χ3v) is 5.99. The molecule has 1 aliphatic heterocycles. The van der Waals surface area contributed by atoms with E-state index in [2.05, 4.69) is 16.6 Å². The molecule has 0 aliphatic carbocycles. The standard InChI is InChI=1S/C21H21N3O5S/c1-2-13-22-30(28,29)18-9-5-16(6-10-18)21(27)23-17-7-3-15(4-8-17)14-24-19(25)11-12-20(24)26/h2-10,22H,1,11-14H2,(H,23,27). The average molecular weight is 427 g/mol. The highest BCUT2D eigenvalue weighted by Crippen LogP contribution is 2.18. The number of carbonyl (C=O) groups is 3. The van der Waals surface area contributed by atoms with Gasteiger partial charge in [-0.05, 0) is 42.0 Å². The van der Waals surface area contributed by atoms with Crippen molar-refractivity contribution in [1.82, 2.24) is 9.62 Å². The number of sulfonamides is 1. The Bertz CT molecular complexity index is 1060. The van der Waals surface area contributed by atoms with Gasteiger partial charge in [0.2, 0.25) is 21.8 Å². The Morgan fingerprint density at radius 2 is 1.60 bits per heavy atom. The molecule has 0 bridgehead atoms. The zero-order valence-electron chi connectivity index (χ0n) is 16.1. The molecule has 1 heterocycles. The third-order valence-electron chi connectivity index (χ3n) is 4.55. The molecule has 3 amide bonds. The number of anilines is 1. The second-order valence-electron chi connectivity index (χ2n) is 6.69. The van der Waals surface area contributed by atoms with Crippen molar-refractivity contribution in [3.63, 3.8) is 0 Å². The molecule has 9 heteroatoms. The van der Waals surface area contributed by atoms with Gasteiger partial charge in [-0.15, -0.1) is 6.58 Å². The maximum Gasteiger partial charge on any atom is 0.255 e. The van der Waals surface area contributed by atoms with E-state index in [0.29, 0.717) is 11.3 Å². The van der Waals surface area contributed by atoms with Crippen LogP contribution in [0.15, 0.2) is 66.1 Å². The predicted octanol–water partition coefficient (Wildman–Crippen LogP) is 2.05. The highest BCUT2D eigenvalue weighted by Gasteiger charge is 2.28. The number of amides is 3. The van der Waals surface area contributed by atoms with Crippen molar-refractivity contribution in [3.8, 4) is 0 Å². The van der Waals surface area contributed by atoms with Crippen molar-refractivity contribution in [2.24, 2.45) is 0 Å². The lowest BCUT2D eigenvalue weighted by Crippen LogP contribution is -2.28. The van der Waals surface area contributed by atoms with E-state index in [-0.39, 0.29) is 42.6 Å². The van der Waals surface area contributed by atoms with Crippen LogP contribution in [0.25, 0.3) is 0 Å². The Morgan fingerprint density at radius 1 is 1.00 bits per heavy atom. The molecule has 3 rings (SSSR count). The molecule has 1 fully saturated rings. The van der Waals surface area contributed by atoms with Crippen molar-refractivity contribution >= 4 is 33.4 Å². The van der Waals surface area contributed by atoms with Crippen molar-refractivity contribution < 1.29 is 22.8 Å². The van der Waals surface area contributed by atoms with Crippen molar-refractivity contribution in [1.29, 1.82) is 0 Å². The number of hydrogen-bond acceptors (Lipinski definition) is 5. The first-order valence-electron chi connectivity index (χ1n) is 9.24. The number of carbonyl (C=O) groups excluding carboxylic acids is 3. The summed E-state index contributed by atoms with van der Waals surface area (Å²) in [4.78, 5) is 37.1. The molecule has 0 unspecified atom stereocenters. The summed E-state index contributed by atoms with van der Waals surface area (Å²) in [6.07, 6.45) is 1.93. The second kappa shape index (κ2) is 9.02. The van der Waals surface area contributed by atoms with Crippen LogP contribution in [0, 0.1) is 0 Å². The smallest absolute Gasteiger partial charge is 0.255 e. The van der Waals surface area contributed by atoms with Gasteiger partial charge in [-0.3, -0.25) is 19.3 Å². The number of nitrogens with one attached hydrogen (secondary N) is 2. The van der Waals surface area contributed by atoms with Gasteiger partial charge in [0.25, 0.3) is 5.91 Å². The van der Waals surface area contributed by atoms with Crippen molar-refractivity contribution in [2.45, 2.75) is 24.3 Å². The first kappa shape index (κ1) is 21.4. The van der Waals surface area contributed by atoms with Gasteiger partial charge in [0.15, 0.2) is 0 Å². The minimum absolute atomic E-state index is 0.0521. The van der Waals surface area contributed by atoms with E-state index in [4.69, 9.17) is 0 Å². The highest BCUT2D eigenvalue weighted by molar-refractivity contribution is 7.89. The van der Waals surface area contributed by atoms with E-state index in [1.54, 1.807) is 24.3 Å². The van der Waals surface area contributed by atoms with Crippen LogP contribution in [0.2, 0.25) is 0 Å². The minimum Gasteiger partial charge on any atom is -0.322 e. The van der Waals surface area contributed by atoms with Gasteiger partial charge in [-0.2, -0.15) is 0 Å². The van der Waals surface area contributed by atoms with Gasteiger partial charge < -0.3 is 5.32 Å². The van der Waals surface area contributed by atoms with E-state index < -0.39 is 15.9 Å². The molecular formula is C21H21N3O5S. The zero-order valence-corrected chi connectivity index (χ0v) is 16.9. The summed E-state index contributed by atoms with van der Waals surface area (Å²) >= 11 is 0. The maximum absolute atomic E-state index is 12.4. The van der Waals surface area contributed by atoms with Crippen LogP contribution in [0.3, 0.4) is 0 Å². The van der Waals surface area contributed by atoms with E-state index in [1.807, 2.05) is 0 Å². The Hall–Kier alpha value is -3.30. The summed E-state index contributed by atoms with van der Waals surface area (Å²) in [5.74, 6) is -0.749. The minimum atomic E-state index is -3.65. The lowest BCUT2D eigenvalue weighted by molar-refractivity contribution is -0.139. The van der Waals surface area contributed by atoms with Gasteiger partial charge in [0.1, 0.15) is 0 Å². The number of nitrogens with zero attached hydrogens (tertiary/aromatic N) is 1. The normalized spacial score (nSPS) is 14.1. The monoisotopic (exact) mass is 427 g/mol. The molecule has 1 aliphatic rings. The van der Waals surface area contributed by atoms with Crippen LogP contribution >= 0.6 is 0 Å². The number of likely N-dealkylation sites (tertiary alicyclic amines) is 1. The molecular weight excluding hydrogens is 406 g/mol. The molecule has 0 saturated carbocycles. The zero-order chi connectivity index (χ0) is 21.7. The van der Waals surface area contributed by atoms with Crippen molar-refractivity contribution in [3.05, 3.63) is 72.3 Å². The summed E-state index contributed by atoms with van der Waals surface area (Å²) in [5, 5.41) is 2.72. The third kappa shape index (κ3) is 5.00. The predicted molar refractivity (Wildman–Crippen MR) is 111 cm³/mol. The highest BCUT2D eigenvalue weighted by atomic mass is 32.2. The van der Waals surface area contributed by atoms with E-state index in [0.717, 1.165) is 5.56 Å². The van der Waals surface area contributed by atoms with E-state index in [1.165, 1.54) is 35.2 Å². The van der Waals surface area contributed by atoms with Gasteiger partial charge in [-0.25, -0.2) is 13.1 Å². The summed E-state index contributed by atoms with van der Waals surface area (Å²) in [7, 11) is -3.65. The molecule has 30 heavy (non-hydrogen) atoms. The average Bonchev–Trinajstić information content (AvgIpc) is 3.05. The lowest BCUT2D eigenvalue weighted by atomic mass is 10.1. The summed E-state index contributed by atoms with van der Waals surface area (Å²) < 4.78 is 26.5. The Labute approximate surface area is 174 Å². The topological polar surface area (TPSA) is 113 Å². The van der Waals surface area contributed by atoms with Gasteiger partial charge in [0.05, 0.1) is 11.4 Å². The summed E-state index contributed by atoms with van der Waals surface area (Å²) in [5.41, 5.74) is 1.61. The second-order valence-corrected chi connectivity index (χ2v) is 8.46. The number of hydrogen-bond donors (Lipinski definition) is 2. The van der Waals surface area contributed by atoms with Gasteiger partial charge in [0, 0.05) is 30.6 Å². The fraction of sp³-hybridized carbons (Fsp3) is 0.190. The van der Waals surface area contributed by atoms with Gasteiger partial charge in [-0.1, -0.05) is 18.2 Å². The van der Waals surface area contributed by atoms with E-state index >= 15 is 0 Å². The molecule has 0 spiro atoms. The van der Waals surface area contributed by atoms with Crippen LogP contribution in [-0.2, 0) is 26.2 Å². The Kier molecular flexibility index (Phi) is 6.43. The summed E-state index contributed by atoms with van der Waals surface area (Å²) in [6.45, 7) is 3.78. The van der Waals surface area contributed by atoms with Crippen molar-refractivity contribution in [2.75, 3.05) is 11.9 Å². The van der Waals surface area contributed by atoms with Gasteiger partial charge >= 0.3 is 0 Å². The summed E-state index contributed by atoms with van der Waals surface area (Å²) in [6, 6.07) is 12.4. The van der Waals surface area contributed by atoms with Crippen LogP contribution < -0.4 is 10.0 Å². The largest absolute Gasteiger partial charge is 0.322 e. The number of rotatable bonds is 8. The molecule has 156 valence electrons. The molecule has 2 N–H and O–H groups in total. The molecule has 0 aromatic heterocycles. The Morgan fingerprint density at radius 3 is 2.17 bits per heavy atom. The lowest BCUT2D eigenvalue weighted by Gasteiger charge is -2.14. The van der Waals surface area contributed by atoms with E-state index in [9.17, 15) is 22.8 Å². The molecule has 8 nitrogen and oxygen atoms in total. The molecule has 2 aromatic carbocycles. The number of benzene rings is 2. The van der Waals surface area contributed by atoms with Crippen LogP contribution in [0.4, 0.5) is 5.69 Å². The molecule has 2 aromatic rings. The maximum atomic E-state index is 12.4. The first-order valence-corrected chi connectivity index (χ1v) is 10.7. The van der Waals surface area contributed by atoms with Crippen LogP contribution in [-0.4, -0.2) is 37.6 Å². The van der Waals surface area contributed by atoms with Crippen LogP contribution in [0.1, 0.15) is 28.8 Å². The fourth-order valence-corrected chi connectivity index (χ4v) is 3.91. The Balaban J connectivity index is 1.62. The number of imide groups is 1. The molecule has 0 atom stereocenters. The molecule has 1 saturated heterocycles. The first-order chi connectivity index (χ1) is 14.3. The fourth-order valence-electron chi connectivity index (χ4n) is 2.92.